The molecular formula is C6H14N2O3S. The van der Waals surface area contributed by atoms with Crippen LogP contribution in [0.3, 0.4) is 0 Å². The number of nitrogens with two attached hydrogens (primary N) is 1. The summed E-state index contributed by atoms with van der Waals surface area (Å²) in [5.41, 5.74) is 0. The summed E-state index contributed by atoms with van der Waals surface area (Å²) in [4.78, 5) is 0. The van der Waals surface area contributed by atoms with Crippen LogP contribution in [0.15, 0.2) is 0 Å². The Morgan fingerprint density at radius 1 is 1.50 bits per heavy atom. The molecule has 0 aliphatic carbocycles. The number of hydrogen-bond donors (Lipinski definition) is 1. The van der Waals surface area contributed by atoms with Crippen molar-refractivity contribution in [2.75, 3.05) is 13.2 Å². The minimum atomic E-state index is -3.55. The predicted molar refractivity (Wildman–Crippen MR) is 44.7 cm³/mol. The van der Waals surface area contributed by atoms with E-state index in [2.05, 4.69) is 0 Å². The molecule has 0 spiro atoms. The zero-order chi connectivity index (χ0) is 9.35. The van der Waals surface area contributed by atoms with Gasteiger partial charge in [0.15, 0.2) is 0 Å². The van der Waals surface area contributed by atoms with Gasteiger partial charge in [0.25, 0.3) is 10.2 Å². The van der Waals surface area contributed by atoms with Crippen molar-refractivity contribution in [2.45, 2.75) is 26.0 Å². The van der Waals surface area contributed by atoms with E-state index < -0.39 is 10.2 Å². The Bertz CT molecular complexity index is 252. The van der Waals surface area contributed by atoms with Crippen LogP contribution in [0, 0.1) is 0 Å². The van der Waals surface area contributed by atoms with Gasteiger partial charge < -0.3 is 4.74 Å². The zero-order valence-corrected chi connectivity index (χ0v) is 8.04. The van der Waals surface area contributed by atoms with E-state index in [0.717, 1.165) is 0 Å². The van der Waals surface area contributed by atoms with Crippen molar-refractivity contribution in [1.29, 1.82) is 0 Å². The van der Waals surface area contributed by atoms with E-state index in [0.29, 0.717) is 13.2 Å². The molecule has 1 heterocycles. The highest BCUT2D eigenvalue weighted by Crippen LogP contribution is 2.12. The first-order chi connectivity index (χ1) is 5.41. The maximum atomic E-state index is 11.0. The summed E-state index contributed by atoms with van der Waals surface area (Å²) in [5, 5.41) is 5.01. The maximum absolute atomic E-state index is 11.0. The molecule has 6 heteroatoms. The highest BCUT2D eigenvalue weighted by Gasteiger charge is 2.30. The summed E-state index contributed by atoms with van der Waals surface area (Å²) in [6, 6.07) is -0.156. The number of rotatable bonds is 1. The van der Waals surface area contributed by atoms with Crippen molar-refractivity contribution in [3.8, 4) is 0 Å². The van der Waals surface area contributed by atoms with Gasteiger partial charge in [-0.1, -0.05) is 0 Å². The molecule has 2 atom stereocenters. The maximum Gasteiger partial charge on any atom is 0.277 e. The highest BCUT2D eigenvalue weighted by atomic mass is 32.2. The molecule has 0 amide bonds. The topological polar surface area (TPSA) is 72.6 Å². The third-order valence-corrected chi connectivity index (χ3v) is 3.04. The molecule has 5 nitrogen and oxygen atoms in total. The first kappa shape index (κ1) is 9.91. The van der Waals surface area contributed by atoms with Gasteiger partial charge in [-0.25, -0.2) is 5.14 Å². The lowest BCUT2D eigenvalue weighted by Gasteiger charge is -2.34. The molecule has 1 aliphatic heterocycles. The SMILES string of the molecule is C[C@H]1CN(S(N)(=O)=O)[C@@H](C)CO1. The lowest BCUT2D eigenvalue weighted by molar-refractivity contribution is -0.0170. The minimum absolute atomic E-state index is 0.0699. The van der Waals surface area contributed by atoms with E-state index in [4.69, 9.17) is 9.88 Å². The molecule has 2 N–H and O–H groups in total. The molecule has 1 fully saturated rings. The standard InChI is InChI=1S/C6H14N2O3S/c1-5-4-11-6(2)3-8(5)12(7,9)10/h5-6H,3-4H2,1-2H3,(H2,7,9,10)/t5-,6-/m0/s1. The van der Waals surface area contributed by atoms with Crippen LogP contribution in [0.25, 0.3) is 0 Å². The summed E-state index contributed by atoms with van der Waals surface area (Å²) in [6.45, 7) is 4.36. The van der Waals surface area contributed by atoms with E-state index in [1.54, 1.807) is 6.92 Å². The Morgan fingerprint density at radius 3 is 2.50 bits per heavy atom. The van der Waals surface area contributed by atoms with Crippen LogP contribution in [0.2, 0.25) is 0 Å². The van der Waals surface area contributed by atoms with Gasteiger partial charge in [-0.3, -0.25) is 0 Å². The van der Waals surface area contributed by atoms with Gasteiger partial charge >= 0.3 is 0 Å². The molecule has 1 saturated heterocycles. The summed E-state index contributed by atoms with van der Waals surface area (Å²) >= 11 is 0. The lowest BCUT2D eigenvalue weighted by Crippen LogP contribution is -2.52. The molecule has 0 saturated carbocycles. The molecule has 0 bridgehead atoms. The highest BCUT2D eigenvalue weighted by molar-refractivity contribution is 7.86. The Balaban J connectivity index is 2.74. The van der Waals surface area contributed by atoms with Crippen molar-refractivity contribution < 1.29 is 13.2 Å². The van der Waals surface area contributed by atoms with Crippen molar-refractivity contribution >= 4 is 10.2 Å². The van der Waals surface area contributed by atoms with Gasteiger partial charge in [-0.05, 0) is 13.8 Å². The minimum Gasteiger partial charge on any atom is -0.375 e. The van der Waals surface area contributed by atoms with Crippen molar-refractivity contribution in [1.82, 2.24) is 4.31 Å². The fourth-order valence-electron chi connectivity index (χ4n) is 1.23. The van der Waals surface area contributed by atoms with Gasteiger partial charge in [0.05, 0.1) is 12.7 Å². The van der Waals surface area contributed by atoms with Gasteiger partial charge in [-0.15, -0.1) is 0 Å². The number of ether oxygens (including phenoxy) is 1. The van der Waals surface area contributed by atoms with E-state index in [-0.39, 0.29) is 12.1 Å². The van der Waals surface area contributed by atoms with Crippen LogP contribution in [0.4, 0.5) is 0 Å². The van der Waals surface area contributed by atoms with Crippen LogP contribution in [0.5, 0.6) is 0 Å². The average molecular weight is 194 g/mol. The Labute approximate surface area is 72.7 Å². The van der Waals surface area contributed by atoms with Crippen LogP contribution >= 0.6 is 0 Å². The first-order valence-electron chi connectivity index (χ1n) is 3.82. The van der Waals surface area contributed by atoms with Crippen LogP contribution in [-0.4, -0.2) is 38.0 Å². The molecule has 1 aliphatic rings. The number of nitrogens with zero attached hydrogens (tertiary/aromatic N) is 1. The van der Waals surface area contributed by atoms with Crippen molar-refractivity contribution in [3.63, 3.8) is 0 Å². The monoisotopic (exact) mass is 194 g/mol. The van der Waals surface area contributed by atoms with Crippen LogP contribution < -0.4 is 5.14 Å². The number of morpholine rings is 1. The normalized spacial score (nSPS) is 33.6. The fraction of sp³-hybridized carbons (Fsp3) is 1.00. The third-order valence-electron chi connectivity index (χ3n) is 1.88. The Hall–Kier alpha value is -0.170. The zero-order valence-electron chi connectivity index (χ0n) is 7.23. The van der Waals surface area contributed by atoms with E-state index >= 15 is 0 Å². The van der Waals surface area contributed by atoms with Gasteiger partial charge in [0, 0.05) is 12.6 Å². The molecule has 0 radical (unpaired) electrons. The largest absolute Gasteiger partial charge is 0.375 e. The lowest BCUT2D eigenvalue weighted by atomic mass is 10.2. The molecule has 0 unspecified atom stereocenters. The van der Waals surface area contributed by atoms with Gasteiger partial charge in [-0.2, -0.15) is 12.7 Å². The second-order valence-electron chi connectivity index (χ2n) is 3.11. The smallest absolute Gasteiger partial charge is 0.277 e. The summed E-state index contributed by atoms with van der Waals surface area (Å²) in [5.74, 6) is 0. The predicted octanol–water partition coefficient (Wildman–Crippen LogP) is -0.701. The Morgan fingerprint density at radius 2 is 2.08 bits per heavy atom. The van der Waals surface area contributed by atoms with Gasteiger partial charge in [0.1, 0.15) is 0 Å². The van der Waals surface area contributed by atoms with E-state index in [1.165, 1.54) is 4.31 Å². The second kappa shape index (κ2) is 3.29. The van der Waals surface area contributed by atoms with Gasteiger partial charge in [0.2, 0.25) is 0 Å². The fourth-order valence-corrected chi connectivity index (χ4v) is 2.21. The van der Waals surface area contributed by atoms with Crippen LogP contribution in [-0.2, 0) is 14.9 Å². The van der Waals surface area contributed by atoms with Crippen LogP contribution in [0.1, 0.15) is 13.8 Å². The molecular weight excluding hydrogens is 180 g/mol. The molecule has 0 aromatic heterocycles. The second-order valence-corrected chi connectivity index (χ2v) is 4.61. The van der Waals surface area contributed by atoms with Crippen molar-refractivity contribution in [2.24, 2.45) is 5.14 Å². The summed E-state index contributed by atoms with van der Waals surface area (Å²) < 4.78 is 28.5. The van der Waals surface area contributed by atoms with E-state index in [1.807, 2.05) is 6.92 Å². The molecule has 0 aromatic rings. The quantitative estimate of drug-likeness (QED) is 0.600. The summed E-state index contributed by atoms with van der Waals surface area (Å²) in [7, 11) is -3.55. The summed E-state index contributed by atoms with van der Waals surface area (Å²) in [6.07, 6.45) is -0.0699. The number of hydrogen-bond acceptors (Lipinski definition) is 3. The third kappa shape index (κ3) is 2.16. The molecule has 1 rings (SSSR count). The Kier molecular flexibility index (Phi) is 2.72. The van der Waals surface area contributed by atoms with E-state index in [9.17, 15) is 8.42 Å². The molecule has 0 aromatic carbocycles. The average Bonchev–Trinajstić information content (AvgIpc) is 1.92. The first-order valence-corrected chi connectivity index (χ1v) is 5.32. The molecule has 12 heavy (non-hydrogen) atoms. The molecule has 72 valence electrons. The van der Waals surface area contributed by atoms with Crippen molar-refractivity contribution in [3.05, 3.63) is 0 Å².